The van der Waals surface area contributed by atoms with Gasteiger partial charge in [0.2, 0.25) is 0 Å². The minimum Gasteiger partial charge on any atom is -0.493 e. The highest BCUT2D eigenvalue weighted by Crippen LogP contribution is 2.22. The van der Waals surface area contributed by atoms with Gasteiger partial charge < -0.3 is 9.47 Å². The lowest BCUT2D eigenvalue weighted by Gasteiger charge is -2.06. The molecule has 130 valence electrons. The van der Waals surface area contributed by atoms with E-state index in [0.717, 1.165) is 34.3 Å². The van der Waals surface area contributed by atoms with Crippen molar-refractivity contribution in [3.63, 3.8) is 0 Å². The van der Waals surface area contributed by atoms with Gasteiger partial charge in [-0.05, 0) is 61.4 Å². The Morgan fingerprint density at radius 2 is 1.64 bits per heavy atom. The average Bonchev–Trinajstić information content (AvgIpc) is 2.59. The molecule has 0 atom stereocenters. The van der Waals surface area contributed by atoms with Crippen molar-refractivity contribution in [2.45, 2.75) is 20.3 Å². The summed E-state index contributed by atoms with van der Waals surface area (Å²) in [6.07, 6.45) is 1.76. The number of hydrogen-bond acceptors (Lipinski definition) is 5. The third kappa shape index (κ3) is 6.59. The summed E-state index contributed by atoms with van der Waals surface area (Å²) in [6, 6.07) is 13.5. The van der Waals surface area contributed by atoms with Crippen molar-refractivity contribution in [2.24, 2.45) is 10.2 Å². The number of hydrogen-bond donors (Lipinski definition) is 0. The number of rotatable bonds is 8. The van der Waals surface area contributed by atoms with Crippen LogP contribution in [-0.4, -0.2) is 19.2 Å². The Morgan fingerprint density at radius 1 is 1.00 bits per heavy atom. The first-order valence-corrected chi connectivity index (χ1v) is 8.09. The second-order valence-corrected chi connectivity index (χ2v) is 5.61. The van der Waals surface area contributed by atoms with Crippen molar-refractivity contribution in [1.29, 1.82) is 0 Å². The molecule has 0 aliphatic carbocycles. The van der Waals surface area contributed by atoms with Gasteiger partial charge in [-0.25, -0.2) is 4.79 Å². The van der Waals surface area contributed by atoms with Crippen LogP contribution >= 0.6 is 0 Å². The number of carbonyl (C=O) groups is 1. The Labute approximate surface area is 148 Å². The zero-order valence-electron chi connectivity index (χ0n) is 14.6. The highest BCUT2D eigenvalue weighted by molar-refractivity contribution is 5.81. The molecule has 0 amide bonds. The van der Waals surface area contributed by atoms with Crippen LogP contribution in [0.25, 0.3) is 0 Å². The van der Waals surface area contributed by atoms with E-state index in [9.17, 15) is 4.79 Å². The number of esters is 1. The summed E-state index contributed by atoms with van der Waals surface area (Å²) in [5.41, 5.74) is 3.92. The highest BCUT2D eigenvalue weighted by atomic mass is 16.5. The molecule has 0 heterocycles. The monoisotopic (exact) mass is 338 g/mol. The lowest BCUT2D eigenvalue weighted by molar-refractivity contribution is -0.137. The third-order valence-electron chi connectivity index (χ3n) is 3.29. The molecule has 0 bridgehead atoms. The molecular formula is C20H22N2O3. The summed E-state index contributed by atoms with van der Waals surface area (Å²) in [4.78, 5) is 10.9. The molecule has 0 spiro atoms. The quantitative estimate of drug-likeness (QED) is 0.287. The molecule has 5 nitrogen and oxygen atoms in total. The molecule has 25 heavy (non-hydrogen) atoms. The van der Waals surface area contributed by atoms with Gasteiger partial charge in [-0.3, -0.25) is 0 Å². The molecule has 0 aromatic heterocycles. The SMILES string of the molecule is C=CC(=O)OCCCOc1ccc(N=Nc2cc(C)cc(C)c2)cc1. The first-order chi connectivity index (χ1) is 12.1. The predicted molar refractivity (Wildman–Crippen MR) is 97.8 cm³/mol. The van der Waals surface area contributed by atoms with E-state index in [1.54, 1.807) is 0 Å². The molecule has 2 aromatic carbocycles. The Morgan fingerprint density at radius 3 is 2.28 bits per heavy atom. The molecule has 0 fully saturated rings. The van der Waals surface area contributed by atoms with E-state index < -0.39 is 5.97 Å². The number of ether oxygens (including phenoxy) is 2. The molecule has 2 rings (SSSR count). The van der Waals surface area contributed by atoms with Crippen LogP contribution in [0.15, 0.2) is 65.3 Å². The van der Waals surface area contributed by atoms with Gasteiger partial charge in [-0.15, -0.1) is 0 Å². The van der Waals surface area contributed by atoms with Crippen molar-refractivity contribution in [3.8, 4) is 5.75 Å². The van der Waals surface area contributed by atoms with Crippen LogP contribution in [0.2, 0.25) is 0 Å². The van der Waals surface area contributed by atoms with Gasteiger partial charge in [0, 0.05) is 12.5 Å². The second-order valence-electron chi connectivity index (χ2n) is 5.61. The van der Waals surface area contributed by atoms with E-state index in [4.69, 9.17) is 9.47 Å². The number of aryl methyl sites for hydroxylation is 2. The van der Waals surface area contributed by atoms with Gasteiger partial charge in [-0.1, -0.05) is 12.6 Å². The normalized spacial score (nSPS) is 10.6. The number of nitrogens with zero attached hydrogens (tertiary/aromatic N) is 2. The Balaban J connectivity index is 1.82. The molecule has 2 aromatic rings. The summed E-state index contributed by atoms with van der Waals surface area (Å²) in [6.45, 7) is 8.19. The molecule has 5 heteroatoms. The van der Waals surface area contributed by atoms with Crippen molar-refractivity contribution < 1.29 is 14.3 Å². The van der Waals surface area contributed by atoms with Crippen LogP contribution in [-0.2, 0) is 9.53 Å². The van der Waals surface area contributed by atoms with Crippen molar-refractivity contribution in [3.05, 3.63) is 66.2 Å². The summed E-state index contributed by atoms with van der Waals surface area (Å²) < 4.78 is 10.5. The molecular weight excluding hydrogens is 316 g/mol. The van der Waals surface area contributed by atoms with Crippen LogP contribution in [0.3, 0.4) is 0 Å². The van der Waals surface area contributed by atoms with E-state index in [2.05, 4.69) is 22.9 Å². The summed E-state index contributed by atoms with van der Waals surface area (Å²) in [5, 5.41) is 8.51. The minimum absolute atomic E-state index is 0.313. The Hall–Kier alpha value is -2.95. The molecule has 0 saturated carbocycles. The van der Waals surface area contributed by atoms with Crippen LogP contribution in [0, 0.1) is 13.8 Å². The standard InChI is InChI=1S/C20H22N2O3/c1-4-20(23)25-11-5-10-24-19-8-6-17(7-9-19)21-22-18-13-15(2)12-16(3)14-18/h4,6-9,12-14H,1,5,10-11H2,2-3H3. The molecule has 0 saturated heterocycles. The number of benzene rings is 2. The summed E-state index contributed by atoms with van der Waals surface area (Å²) >= 11 is 0. The van der Waals surface area contributed by atoms with Gasteiger partial charge in [0.05, 0.1) is 24.6 Å². The molecule has 0 aliphatic heterocycles. The van der Waals surface area contributed by atoms with Gasteiger partial charge in [-0.2, -0.15) is 10.2 Å². The maximum atomic E-state index is 10.9. The molecule has 0 N–H and O–H groups in total. The van der Waals surface area contributed by atoms with Crippen LogP contribution < -0.4 is 4.74 Å². The van der Waals surface area contributed by atoms with E-state index >= 15 is 0 Å². The third-order valence-corrected chi connectivity index (χ3v) is 3.29. The number of azo groups is 1. The minimum atomic E-state index is -0.418. The van der Waals surface area contributed by atoms with Crippen molar-refractivity contribution in [1.82, 2.24) is 0 Å². The maximum Gasteiger partial charge on any atom is 0.330 e. The zero-order chi connectivity index (χ0) is 18.1. The van der Waals surface area contributed by atoms with E-state index in [1.165, 1.54) is 0 Å². The number of carbonyl (C=O) groups excluding carboxylic acids is 1. The van der Waals surface area contributed by atoms with E-state index in [0.29, 0.717) is 19.6 Å². The fourth-order valence-electron chi connectivity index (χ4n) is 2.21. The first-order valence-electron chi connectivity index (χ1n) is 8.09. The fourth-order valence-corrected chi connectivity index (χ4v) is 2.21. The fraction of sp³-hybridized carbons (Fsp3) is 0.250. The lowest BCUT2D eigenvalue weighted by Crippen LogP contribution is -2.06. The van der Waals surface area contributed by atoms with Gasteiger partial charge in [0.15, 0.2) is 0 Å². The molecule has 0 radical (unpaired) electrons. The predicted octanol–water partition coefficient (Wildman–Crippen LogP) is 5.22. The maximum absolute atomic E-state index is 10.9. The highest BCUT2D eigenvalue weighted by Gasteiger charge is 1.98. The Kier molecular flexibility index (Phi) is 6.89. The van der Waals surface area contributed by atoms with Crippen LogP contribution in [0.1, 0.15) is 17.5 Å². The summed E-state index contributed by atoms with van der Waals surface area (Å²) in [5.74, 6) is 0.318. The van der Waals surface area contributed by atoms with Gasteiger partial charge in [0.1, 0.15) is 5.75 Å². The van der Waals surface area contributed by atoms with E-state index in [1.807, 2.05) is 50.2 Å². The van der Waals surface area contributed by atoms with Crippen LogP contribution in [0.4, 0.5) is 11.4 Å². The average molecular weight is 338 g/mol. The zero-order valence-corrected chi connectivity index (χ0v) is 14.6. The molecule has 0 aliphatic rings. The van der Waals surface area contributed by atoms with Gasteiger partial charge in [0.25, 0.3) is 0 Å². The lowest BCUT2D eigenvalue weighted by atomic mass is 10.1. The van der Waals surface area contributed by atoms with Crippen molar-refractivity contribution in [2.75, 3.05) is 13.2 Å². The molecule has 0 unspecified atom stereocenters. The largest absolute Gasteiger partial charge is 0.493 e. The second kappa shape index (κ2) is 9.37. The first kappa shape index (κ1) is 18.4. The Bertz CT molecular complexity index is 732. The van der Waals surface area contributed by atoms with Crippen LogP contribution in [0.5, 0.6) is 5.75 Å². The van der Waals surface area contributed by atoms with Crippen molar-refractivity contribution >= 4 is 17.3 Å². The van der Waals surface area contributed by atoms with Gasteiger partial charge >= 0.3 is 5.97 Å². The van der Waals surface area contributed by atoms with E-state index in [-0.39, 0.29) is 0 Å². The smallest absolute Gasteiger partial charge is 0.330 e. The summed E-state index contributed by atoms with van der Waals surface area (Å²) in [7, 11) is 0. The topological polar surface area (TPSA) is 60.2 Å².